The van der Waals surface area contributed by atoms with Crippen molar-refractivity contribution in [3.05, 3.63) is 34.2 Å². The van der Waals surface area contributed by atoms with Gasteiger partial charge in [-0.05, 0) is 45.7 Å². The Morgan fingerprint density at radius 3 is 2.60 bits per heavy atom. The lowest BCUT2D eigenvalue weighted by molar-refractivity contribution is 0.0189. The van der Waals surface area contributed by atoms with Crippen LogP contribution in [-0.2, 0) is 4.74 Å². The molecule has 0 saturated carbocycles. The molecule has 0 radical (unpaired) electrons. The molecule has 1 fully saturated rings. The first kappa shape index (κ1) is 17.1. The van der Waals surface area contributed by atoms with Gasteiger partial charge in [-0.15, -0.1) is 0 Å². The lowest BCUT2D eigenvalue weighted by atomic mass is 10.0. The molecule has 0 unspecified atom stereocenters. The minimum atomic E-state index is -0.524. The number of rotatable bonds is 1. The minimum Gasteiger partial charge on any atom is -0.444 e. The highest BCUT2D eigenvalue weighted by Gasteiger charge is 2.29. The van der Waals surface area contributed by atoms with Crippen molar-refractivity contribution in [2.24, 2.45) is 0 Å². The first-order valence-corrected chi connectivity index (χ1v) is 8.41. The third-order valence-electron chi connectivity index (χ3n) is 4.34. The second-order valence-electron chi connectivity index (χ2n) is 7.31. The molecule has 7 heteroatoms. The molecule has 3 rings (SSSR count). The smallest absolute Gasteiger partial charge is 0.410 e. The Bertz CT molecular complexity index is 890. The van der Waals surface area contributed by atoms with Crippen LogP contribution < -0.4 is 5.69 Å². The maximum Gasteiger partial charge on any atom is 0.410 e. The molecule has 132 valence electrons. The van der Waals surface area contributed by atoms with Crippen LogP contribution in [0, 0.1) is 11.3 Å². The summed E-state index contributed by atoms with van der Waals surface area (Å²) in [6.07, 6.45) is 0.965. The van der Waals surface area contributed by atoms with E-state index in [1.807, 2.05) is 20.8 Å². The van der Waals surface area contributed by atoms with Crippen LogP contribution in [0.5, 0.6) is 0 Å². The van der Waals surface area contributed by atoms with E-state index in [-0.39, 0.29) is 17.8 Å². The van der Waals surface area contributed by atoms with Crippen molar-refractivity contribution < 1.29 is 9.53 Å². The number of carbonyl (C=O) groups is 1. The summed E-state index contributed by atoms with van der Waals surface area (Å²) in [5.41, 5.74) is 1.05. The molecule has 1 aliphatic heterocycles. The zero-order chi connectivity index (χ0) is 18.2. The summed E-state index contributed by atoms with van der Waals surface area (Å²) >= 11 is 0. The Morgan fingerprint density at radius 2 is 2.00 bits per heavy atom. The number of imidazole rings is 1. The molecule has 0 atom stereocenters. The van der Waals surface area contributed by atoms with Crippen LogP contribution in [0.1, 0.15) is 45.2 Å². The predicted octanol–water partition coefficient (Wildman–Crippen LogP) is 2.77. The summed E-state index contributed by atoms with van der Waals surface area (Å²) in [7, 11) is 0. The van der Waals surface area contributed by atoms with Crippen LogP contribution in [-0.4, -0.2) is 39.2 Å². The highest BCUT2D eigenvalue weighted by Crippen LogP contribution is 2.27. The standard InChI is InChI=1S/C18H22N4O3/c1-18(2,3)25-17(24)21-9-7-13(8-10-21)22-15-12(11-19)5-4-6-14(15)20-16(22)23/h4-6,13H,7-10H2,1-3H3,(H,20,23). The number of aromatic amines is 1. The van der Waals surface area contributed by atoms with E-state index in [0.29, 0.717) is 42.5 Å². The van der Waals surface area contributed by atoms with E-state index in [2.05, 4.69) is 11.1 Å². The number of H-pyrrole nitrogens is 1. The Labute approximate surface area is 145 Å². The van der Waals surface area contributed by atoms with Crippen molar-refractivity contribution in [3.8, 4) is 6.07 Å². The molecule has 0 aliphatic carbocycles. The number of hydrogen-bond donors (Lipinski definition) is 1. The Kier molecular flexibility index (Phi) is 4.29. The third kappa shape index (κ3) is 3.38. The molecule has 2 aromatic rings. The van der Waals surface area contributed by atoms with Crippen LogP contribution >= 0.6 is 0 Å². The second kappa shape index (κ2) is 6.28. The fourth-order valence-electron chi connectivity index (χ4n) is 3.25. The zero-order valence-corrected chi connectivity index (χ0v) is 14.7. The van der Waals surface area contributed by atoms with Crippen LogP contribution in [0.4, 0.5) is 4.79 Å². The maximum absolute atomic E-state index is 12.4. The number of aromatic nitrogens is 2. The van der Waals surface area contributed by atoms with Crippen molar-refractivity contribution in [2.75, 3.05) is 13.1 Å². The fraction of sp³-hybridized carbons (Fsp3) is 0.500. The van der Waals surface area contributed by atoms with Crippen molar-refractivity contribution >= 4 is 17.1 Å². The van der Waals surface area contributed by atoms with Crippen LogP contribution in [0.25, 0.3) is 11.0 Å². The van der Waals surface area contributed by atoms with E-state index in [0.717, 1.165) is 0 Å². The molecule has 0 bridgehead atoms. The molecular weight excluding hydrogens is 320 g/mol. The average Bonchev–Trinajstić information content (AvgIpc) is 2.89. The predicted molar refractivity (Wildman–Crippen MR) is 93.4 cm³/mol. The Morgan fingerprint density at radius 1 is 1.32 bits per heavy atom. The number of nitrogens with one attached hydrogen (secondary N) is 1. The quantitative estimate of drug-likeness (QED) is 0.862. The number of nitriles is 1. The number of carbonyl (C=O) groups excluding carboxylic acids is 1. The molecule has 0 spiro atoms. The summed E-state index contributed by atoms with van der Waals surface area (Å²) in [6, 6.07) is 7.37. The number of piperidine rings is 1. The Balaban J connectivity index is 1.82. The first-order chi connectivity index (χ1) is 11.8. The van der Waals surface area contributed by atoms with Crippen molar-refractivity contribution in [3.63, 3.8) is 0 Å². The normalized spacial score (nSPS) is 16.0. The van der Waals surface area contributed by atoms with E-state index in [9.17, 15) is 14.9 Å². The molecular formula is C18H22N4O3. The van der Waals surface area contributed by atoms with Gasteiger partial charge < -0.3 is 14.6 Å². The van der Waals surface area contributed by atoms with Gasteiger partial charge in [-0.2, -0.15) is 5.26 Å². The maximum atomic E-state index is 12.4. The lowest BCUT2D eigenvalue weighted by Gasteiger charge is -2.33. The van der Waals surface area contributed by atoms with Gasteiger partial charge in [-0.25, -0.2) is 9.59 Å². The van der Waals surface area contributed by atoms with Gasteiger partial charge in [0.25, 0.3) is 0 Å². The molecule has 1 aromatic heterocycles. The van der Waals surface area contributed by atoms with Gasteiger partial charge in [0.2, 0.25) is 0 Å². The summed E-state index contributed by atoms with van der Waals surface area (Å²) < 4.78 is 7.07. The van der Waals surface area contributed by atoms with Gasteiger partial charge in [0.05, 0.1) is 16.6 Å². The van der Waals surface area contributed by atoms with Crippen LogP contribution in [0.3, 0.4) is 0 Å². The summed E-state index contributed by atoms with van der Waals surface area (Å²) in [4.78, 5) is 29.1. The average molecular weight is 342 g/mol. The van der Waals surface area contributed by atoms with Gasteiger partial charge in [0.1, 0.15) is 11.7 Å². The van der Waals surface area contributed by atoms with Gasteiger partial charge in [-0.3, -0.25) is 4.57 Å². The summed E-state index contributed by atoms with van der Waals surface area (Å²) in [5, 5.41) is 9.34. The van der Waals surface area contributed by atoms with Gasteiger partial charge >= 0.3 is 11.8 Å². The van der Waals surface area contributed by atoms with Crippen molar-refractivity contribution in [1.82, 2.24) is 14.5 Å². The Hall–Kier alpha value is -2.75. The third-order valence-corrected chi connectivity index (χ3v) is 4.34. The zero-order valence-electron chi connectivity index (χ0n) is 14.7. The number of likely N-dealkylation sites (tertiary alicyclic amines) is 1. The topological polar surface area (TPSA) is 91.1 Å². The number of amides is 1. The lowest BCUT2D eigenvalue weighted by Crippen LogP contribution is -2.43. The number of para-hydroxylation sites is 1. The largest absolute Gasteiger partial charge is 0.444 e. The molecule has 7 nitrogen and oxygen atoms in total. The summed E-state index contributed by atoms with van der Waals surface area (Å²) in [6.45, 7) is 6.56. The molecule has 1 aromatic carbocycles. The van der Waals surface area contributed by atoms with Crippen LogP contribution in [0.15, 0.2) is 23.0 Å². The van der Waals surface area contributed by atoms with E-state index in [1.165, 1.54) is 0 Å². The SMILES string of the molecule is CC(C)(C)OC(=O)N1CCC(n2c(=O)[nH]c3cccc(C#N)c32)CC1. The number of ether oxygens (including phenoxy) is 1. The van der Waals surface area contributed by atoms with Crippen molar-refractivity contribution in [1.29, 1.82) is 5.26 Å². The molecule has 1 aliphatic rings. The van der Waals surface area contributed by atoms with E-state index in [1.54, 1.807) is 27.7 Å². The van der Waals surface area contributed by atoms with Crippen LogP contribution in [0.2, 0.25) is 0 Å². The molecule has 2 heterocycles. The molecule has 25 heavy (non-hydrogen) atoms. The number of fused-ring (bicyclic) bond motifs is 1. The number of benzene rings is 1. The van der Waals surface area contributed by atoms with E-state index < -0.39 is 5.60 Å². The highest BCUT2D eigenvalue weighted by molar-refractivity contribution is 5.81. The minimum absolute atomic E-state index is 0.0468. The fourth-order valence-corrected chi connectivity index (χ4v) is 3.25. The van der Waals surface area contributed by atoms with E-state index in [4.69, 9.17) is 4.74 Å². The van der Waals surface area contributed by atoms with Crippen molar-refractivity contribution in [2.45, 2.75) is 45.3 Å². The second-order valence-corrected chi connectivity index (χ2v) is 7.31. The van der Waals surface area contributed by atoms with Gasteiger partial charge in [-0.1, -0.05) is 6.07 Å². The van der Waals surface area contributed by atoms with E-state index >= 15 is 0 Å². The first-order valence-electron chi connectivity index (χ1n) is 8.41. The van der Waals surface area contributed by atoms with Gasteiger partial charge in [0, 0.05) is 19.1 Å². The molecule has 1 amide bonds. The molecule has 1 N–H and O–H groups in total. The monoisotopic (exact) mass is 342 g/mol. The highest BCUT2D eigenvalue weighted by atomic mass is 16.6. The number of nitrogens with zero attached hydrogens (tertiary/aromatic N) is 3. The van der Waals surface area contributed by atoms with Gasteiger partial charge in [0.15, 0.2) is 0 Å². The summed E-state index contributed by atoms with van der Waals surface area (Å²) in [5.74, 6) is 0. The number of hydrogen-bond acceptors (Lipinski definition) is 4. The molecule has 1 saturated heterocycles.